The van der Waals surface area contributed by atoms with E-state index in [0.29, 0.717) is 42.9 Å². The molecule has 11 heteroatoms. The van der Waals surface area contributed by atoms with E-state index < -0.39 is 28.0 Å². The van der Waals surface area contributed by atoms with E-state index in [4.69, 9.17) is 15.9 Å². The van der Waals surface area contributed by atoms with E-state index >= 15 is 0 Å². The zero-order valence-corrected chi connectivity index (χ0v) is 22.5. The Kier molecular flexibility index (Phi) is 6.55. The number of nitrogen functional groups attached to an aromatic ring is 1. The molecule has 3 aliphatic rings. The standard InChI is InChI=1S/C29H29N5O5S/c30-27(31)19-6-4-17(5-7-19)16-32-28(35)24-15-21-3-1-2-18-8-10-23(29(36)34(24)26(18)21)33-40(37,38)22-9-11-25-20(14-22)12-13-39-25/h1-7,9,11,14,23-24,33H,8,10,12-13,15-16H2,(H3,30,31)(H,32,35)/t23-,24-/m0/s1. The van der Waals surface area contributed by atoms with Crippen molar-refractivity contribution in [2.75, 3.05) is 11.5 Å². The fraction of sp³-hybridized carbons (Fsp3) is 0.276. The number of fused-ring (bicyclic) bond motifs is 1. The number of carbonyl (C=O) groups excluding carboxylic acids is 2. The predicted molar refractivity (Wildman–Crippen MR) is 149 cm³/mol. The normalized spacial score (nSPS) is 19.4. The summed E-state index contributed by atoms with van der Waals surface area (Å²) < 4.78 is 34.8. The minimum absolute atomic E-state index is 0.0369. The number of rotatable bonds is 7. The number of ether oxygens (including phenoxy) is 1. The van der Waals surface area contributed by atoms with Crippen LogP contribution in [0.15, 0.2) is 65.6 Å². The first-order valence-electron chi connectivity index (χ1n) is 13.1. The molecule has 0 bridgehead atoms. The number of benzene rings is 3. The number of nitrogens with zero attached hydrogens (tertiary/aromatic N) is 1. The van der Waals surface area contributed by atoms with Crippen LogP contribution in [-0.2, 0) is 45.4 Å². The van der Waals surface area contributed by atoms with Crippen LogP contribution in [0.2, 0.25) is 0 Å². The van der Waals surface area contributed by atoms with Crippen LogP contribution in [0.25, 0.3) is 0 Å². The SMILES string of the molecule is N=C(N)c1ccc(CNC(=O)[C@@H]2Cc3cccc4c3N2C(=O)[C@@H](NS(=O)(=O)c2ccc3c(c2)CCO3)CC4)cc1. The van der Waals surface area contributed by atoms with Crippen molar-refractivity contribution in [3.63, 3.8) is 0 Å². The molecule has 0 radical (unpaired) electrons. The highest BCUT2D eigenvalue weighted by Crippen LogP contribution is 2.39. The average molecular weight is 560 g/mol. The lowest BCUT2D eigenvalue weighted by molar-refractivity contribution is -0.126. The van der Waals surface area contributed by atoms with Gasteiger partial charge in [0.05, 0.1) is 17.2 Å². The molecule has 40 heavy (non-hydrogen) atoms. The van der Waals surface area contributed by atoms with Gasteiger partial charge in [-0.25, -0.2) is 8.42 Å². The summed E-state index contributed by atoms with van der Waals surface area (Å²) in [6, 6.07) is 15.6. The molecule has 6 rings (SSSR count). The molecule has 3 aliphatic heterocycles. The molecule has 0 fully saturated rings. The van der Waals surface area contributed by atoms with E-state index in [9.17, 15) is 18.0 Å². The number of amides is 2. The van der Waals surface area contributed by atoms with E-state index in [1.165, 1.54) is 11.0 Å². The Hall–Kier alpha value is -4.22. The molecule has 0 spiro atoms. The first kappa shape index (κ1) is 26.0. The molecular formula is C29H29N5O5S. The molecule has 0 saturated heterocycles. The molecule has 2 atom stereocenters. The molecule has 10 nitrogen and oxygen atoms in total. The number of hydrogen-bond acceptors (Lipinski definition) is 6. The smallest absolute Gasteiger partial charge is 0.245 e. The van der Waals surface area contributed by atoms with Crippen LogP contribution in [0.4, 0.5) is 5.69 Å². The van der Waals surface area contributed by atoms with Gasteiger partial charge in [0.1, 0.15) is 23.7 Å². The van der Waals surface area contributed by atoms with Crippen molar-refractivity contribution in [1.29, 1.82) is 5.41 Å². The van der Waals surface area contributed by atoms with Crippen LogP contribution in [0, 0.1) is 5.41 Å². The third-order valence-electron chi connectivity index (χ3n) is 7.71. The molecule has 206 valence electrons. The van der Waals surface area contributed by atoms with Gasteiger partial charge in [-0.05, 0) is 53.3 Å². The maximum atomic E-state index is 13.9. The number of hydrogen-bond donors (Lipinski definition) is 4. The van der Waals surface area contributed by atoms with Gasteiger partial charge >= 0.3 is 0 Å². The van der Waals surface area contributed by atoms with Crippen LogP contribution >= 0.6 is 0 Å². The number of carbonyl (C=O) groups is 2. The minimum atomic E-state index is -4.00. The second kappa shape index (κ2) is 10.1. The summed E-state index contributed by atoms with van der Waals surface area (Å²) >= 11 is 0. The number of sulfonamides is 1. The Morgan fingerprint density at radius 3 is 2.60 bits per heavy atom. The molecule has 0 saturated carbocycles. The molecule has 3 aromatic carbocycles. The summed E-state index contributed by atoms with van der Waals surface area (Å²) in [7, 11) is -4.00. The summed E-state index contributed by atoms with van der Waals surface area (Å²) in [6.45, 7) is 0.743. The number of amidine groups is 1. The molecule has 0 unspecified atom stereocenters. The summed E-state index contributed by atoms with van der Waals surface area (Å²) in [6.07, 6.45) is 1.74. The van der Waals surface area contributed by atoms with Crippen molar-refractivity contribution in [3.8, 4) is 5.75 Å². The highest BCUT2D eigenvalue weighted by Gasteiger charge is 2.44. The predicted octanol–water partition coefficient (Wildman–Crippen LogP) is 1.77. The quantitative estimate of drug-likeness (QED) is 0.256. The second-order valence-corrected chi connectivity index (χ2v) is 12.0. The van der Waals surface area contributed by atoms with E-state index in [0.717, 1.165) is 22.3 Å². The van der Waals surface area contributed by atoms with Crippen molar-refractivity contribution >= 4 is 33.4 Å². The van der Waals surface area contributed by atoms with Crippen LogP contribution in [-0.4, -0.2) is 44.8 Å². The van der Waals surface area contributed by atoms with Gasteiger partial charge in [-0.15, -0.1) is 0 Å². The first-order chi connectivity index (χ1) is 19.2. The van der Waals surface area contributed by atoms with Crippen molar-refractivity contribution in [2.24, 2.45) is 5.73 Å². The van der Waals surface area contributed by atoms with Crippen molar-refractivity contribution < 1.29 is 22.7 Å². The van der Waals surface area contributed by atoms with E-state index in [-0.39, 0.29) is 29.6 Å². The highest BCUT2D eigenvalue weighted by molar-refractivity contribution is 7.89. The van der Waals surface area contributed by atoms with Gasteiger partial charge in [-0.1, -0.05) is 42.5 Å². The number of anilines is 1. The van der Waals surface area contributed by atoms with Crippen molar-refractivity contribution in [1.82, 2.24) is 10.0 Å². The fourth-order valence-electron chi connectivity index (χ4n) is 5.64. The largest absolute Gasteiger partial charge is 0.493 e. The number of nitrogens with one attached hydrogen (secondary N) is 3. The lowest BCUT2D eigenvalue weighted by Gasteiger charge is -2.28. The summed E-state index contributed by atoms with van der Waals surface area (Å²) in [5, 5.41) is 10.4. The van der Waals surface area contributed by atoms with E-state index in [1.54, 1.807) is 36.4 Å². The Morgan fingerprint density at radius 1 is 1.05 bits per heavy atom. The van der Waals surface area contributed by atoms with Crippen LogP contribution in [0.5, 0.6) is 5.75 Å². The topological polar surface area (TPSA) is 155 Å². The third-order valence-corrected chi connectivity index (χ3v) is 9.18. The summed E-state index contributed by atoms with van der Waals surface area (Å²) in [4.78, 5) is 28.9. The number of aryl methyl sites for hydroxylation is 1. The van der Waals surface area contributed by atoms with Crippen LogP contribution in [0.3, 0.4) is 0 Å². The van der Waals surface area contributed by atoms with Gasteiger partial charge in [0.25, 0.3) is 0 Å². The zero-order chi connectivity index (χ0) is 28.0. The Balaban J connectivity index is 1.23. The molecule has 0 aliphatic carbocycles. The monoisotopic (exact) mass is 559 g/mol. The van der Waals surface area contributed by atoms with Crippen molar-refractivity contribution in [2.45, 2.75) is 49.2 Å². The van der Waals surface area contributed by atoms with Gasteiger partial charge < -0.3 is 15.8 Å². The van der Waals surface area contributed by atoms with Crippen LogP contribution in [0.1, 0.15) is 34.2 Å². The van der Waals surface area contributed by atoms with Gasteiger partial charge in [-0.3, -0.25) is 19.9 Å². The lowest BCUT2D eigenvalue weighted by Crippen LogP contribution is -2.54. The summed E-state index contributed by atoms with van der Waals surface area (Å²) in [5.41, 5.74) is 10.3. The van der Waals surface area contributed by atoms with Crippen molar-refractivity contribution in [3.05, 3.63) is 88.5 Å². The maximum absolute atomic E-state index is 13.9. The van der Waals surface area contributed by atoms with Gasteiger partial charge in [0, 0.05) is 24.9 Å². The molecule has 5 N–H and O–H groups in total. The maximum Gasteiger partial charge on any atom is 0.245 e. The third kappa shape index (κ3) is 4.71. The number of para-hydroxylation sites is 1. The molecule has 0 aromatic heterocycles. The Labute approximate surface area is 232 Å². The molecular weight excluding hydrogens is 530 g/mol. The van der Waals surface area contributed by atoms with E-state index in [1.807, 2.05) is 18.2 Å². The van der Waals surface area contributed by atoms with Gasteiger partial charge in [0.2, 0.25) is 21.8 Å². The van der Waals surface area contributed by atoms with E-state index in [2.05, 4.69) is 10.0 Å². The molecule has 3 heterocycles. The second-order valence-electron chi connectivity index (χ2n) is 10.3. The lowest BCUT2D eigenvalue weighted by atomic mass is 10.0. The van der Waals surface area contributed by atoms with Gasteiger partial charge in [-0.2, -0.15) is 4.72 Å². The first-order valence-corrected chi connectivity index (χ1v) is 14.6. The highest BCUT2D eigenvalue weighted by atomic mass is 32.2. The summed E-state index contributed by atoms with van der Waals surface area (Å²) in [5.74, 6) is -0.130. The molecule has 3 aromatic rings. The fourth-order valence-corrected chi connectivity index (χ4v) is 6.92. The number of nitrogens with two attached hydrogens (primary N) is 1. The van der Waals surface area contributed by atoms with Gasteiger partial charge in [0.15, 0.2) is 0 Å². The minimum Gasteiger partial charge on any atom is -0.493 e. The zero-order valence-electron chi connectivity index (χ0n) is 21.6. The average Bonchev–Trinajstić information content (AvgIpc) is 3.55. The molecule has 2 amide bonds. The Bertz CT molecular complexity index is 1640. The van der Waals surface area contributed by atoms with Crippen LogP contribution < -0.4 is 25.4 Å². The Morgan fingerprint density at radius 2 is 1.82 bits per heavy atom.